The summed E-state index contributed by atoms with van der Waals surface area (Å²) in [6, 6.07) is 0. The average molecular weight is 223 g/mol. The van der Waals surface area contributed by atoms with Crippen LogP contribution in [0.5, 0.6) is 0 Å². The number of ether oxygens (including phenoxy) is 1. The first kappa shape index (κ1) is 14.2. The van der Waals surface area contributed by atoms with Crippen molar-refractivity contribution >= 4 is 11.9 Å². The van der Waals surface area contributed by atoms with Gasteiger partial charge in [0.2, 0.25) is 5.91 Å². The van der Waals surface area contributed by atoms with Crippen molar-refractivity contribution in [2.75, 3.05) is 6.61 Å². The number of carbonyl (C=O) groups is 2. The Balaban J connectivity index is 4.41. The van der Waals surface area contributed by atoms with E-state index < -0.39 is 5.97 Å². The lowest BCUT2D eigenvalue weighted by Crippen LogP contribution is -2.17. The van der Waals surface area contributed by atoms with Crippen LogP contribution in [-0.4, -0.2) is 18.5 Å². The van der Waals surface area contributed by atoms with Gasteiger partial charge in [0.05, 0.1) is 12.2 Å². The molecule has 0 aromatic heterocycles. The minimum absolute atomic E-state index is 0.167. The molecule has 0 aromatic carbocycles. The zero-order chi connectivity index (χ0) is 12.6. The van der Waals surface area contributed by atoms with E-state index in [1.807, 2.05) is 0 Å². The third kappa shape index (κ3) is 5.80. The van der Waals surface area contributed by atoms with E-state index in [1.54, 1.807) is 26.0 Å². The van der Waals surface area contributed by atoms with Gasteiger partial charge in [0.1, 0.15) is 0 Å². The van der Waals surface area contributed by atoms with Crippen LogP contribution in [0.25, 0.3) is 0 Å². The van der Waals surface area contributed by atoms with Crippen LogP contribution in [0, 0.1) is 0 Å². The molecule has 0 saturated heterocycles. The zero-order valence-electron chi connectivity index (χ0n) is 9.87. The molecule has 1 amide bonds. The second-order valence-electron chi connectivity index (χ2n) is 3.00. The Morgan fingerprint density at radius 2 is 2.00 bits per heavy atom. The lowest BCUT2D eigenvalue weighted by Gasteiger charge is -2.02. The molecular formula is C12H17NO3. The standard InChI is InChI=1S/C12H17NO3/c1-5-11(13-10(4)14)8-7-9(3)12(15)16-6-2/h5,7-8H,3,6H2,1-2,4H3,(H,13,14)/b8-7-,11-5+. The number of rotatable bonds is 5. The quantitative estimate of drug-likeness (QED) is 0.438. The molecule has 0 aliphatic rings. The van der Waals surface area contributed by atoms with Crippen molar-refractivity contribution in [2.45, 2.75) is 20.8 Å². The summed E-state index contributed by atoms with van der Waals surface area (Å²) in [6.45, 7) is 8.79. The van der Waals surface area contributed by atoms with Gasteiger partial charge in [-0.15, -0.1) is 0 Å². The van der Waals surface area contributed by atoms with E-state index in [4.69, 9.17) is 4.74 Å². The SMILES string of the molecule is C=C(/C=C\C(=C/C)NC(C)=O)C(=O)OCC. The first-order chi connectivity index (χ1) is 7.51. The molecule has 4 heteroatoms. The van der Waals surface area contributed by atoms with Crippen molar-refractivity contribution in [1.82, 2.24) is 5.32 Å². The molecule has 0 saturated carbocycles. The predicted octanol–water partition coefficient (Wildman–Crippen LogP) is 1.70. The largest absolute Gasteiger partial charge is 0.462 e. The van der Waals surface area contributed by atoms with Crippen LogP contribution < -0.4 is 5.32 Å². The van der Waals surface area contributed by atoms with Crippen molar-refractivity contribution in [3.8, 4) is 0 Å². The van der Waals surface area contributed by atoms with E-state index in [0.29, 0.717) is 12.3 Å². The number of nitrogens with one attached hydrogen (secondary N) is 1. The van der Waals surface area contributed by atoms with Crippen LogP contribution in [0.15, 0.2) is 36.1 Å². The fourth-order valence-corrected chi connectivity index (χ4v) is 0.896. The van der Waals surface area contributed by atoms with Crippen LogP contribution in [0.2, 0.25) is 0 Å². The maximum Gasteiger partial charge on any atom is 0.337 e. The van der Waals surface area contributed by atoms with E-state index in [9.17, 15) is 9.59 Å². The van der Waals surface area contributed by atoms with Crippen molar-refractivity contribution in [1.29, 1.82) is 0 Å². The molecule has 88 valence electrons. The molecule has 0 heterocycles. The number of allylic oxidation sites excluding steroid dienone is 2. The summed E-state index contributed by atoms with van der Waals surface area (Å²) in [5, 5.41) is 2.60. The predicted molar refractivity (Wildman–Crippen MR) is 62.5 cm³/mol. The van der Waals surface area contributed by atoms with Gasteiger partial charge in [-0.1, -0.05) is 12.7 Å². The first-order valence-electron chi connectivity index (χ1n) is 4.99. The normalized spacial score (nSPS) is 11.3. The number of amides is 1. The van der Waals surface area contributed by atoms with E-state index >= 15 is 0 Å². The molecule has 0 aromatic rings. The highest BCUT2D eigenvalue weighted by molar-refractivity contribution is 5.90. The second-order valence-corrected chi connectivity index (χ2v) is 3.00. The summed E-state index contributed by atoms with van der Waals surface area (Å²) in [6.07, 6.45) is 4.82. The van der Waals surface area contributed by atoms with Crippen molar-refractivity contribution in [3.05, 3.63) is 36.1 Å². The fraction of sp³-hybridized carbons (Fsp3) is 0.333. The van der Waals surface area contributed by atoms with Gasteiger partial charge in [-0.3, -0.25) is 4.79 Å². The highest BCUT2D eigenvalue weighted by atomic mass is 16.5. The van der Waals surface area contributed by atoms with E-state index in [-0.39, 0.29) is 11.5 Å². The van der Waals surface area contributed by atoms with E-state index in [2.05, 4.69) is 11.9 Å². The Kier molecular flexibility index (Phi) is 6.59. The molecule has 0 radical (unpaired) electrons. The smallest absolute Gasteiger partial charge is 0.337 e. The van der Waals surface area contributed by atoms with Crippen LogP contribution in [0.3, 0.4) is 0 Å². The number of carbonyl (C=O) groups excluding carboxylic acids is 2. The highest BCUT2D eigenvalue weighted by Gasteiger charge is 2.03. The third-order valence-corrected chi connectivity index (χ3v) is 1.63. The Morgan fingerprint density at radius 3 is 2.44 bits per heavy atom. The van der Waals surface area contributed by atoms with Gasteiger partial charge in [-0.2, -0.15) is 0 Å². The molecule has 0 rings (SSSR count). The summed E-state index contributed by atoms with van der Waals surface area (Å²) in [5.74, 6) is -0.628. The van der Waals surface area contributed by atoms with Crippen molar-refractivity contribution in [2.24, 2.45) is 0 Å². The molecule has 0 fully saturated rings. The van der Waals surface area contributed by atoms with Gasteiger partial charge in [-0.25, -0.2) is 4.79 Å². The summed E-state index contributed by atoms with van der Waals surface area (Å²) in [5.41, 5.74) is 0.851. The summed E-state index contributed by atoms with van der Waals surface area (Å²) >= 11 is 0. The van der Waals surface area contributed by atoms with Crippen LogP contribution in [0.1, 0.15) is 20.8 Å². The second kappa shape index (κ2) is 7.45. The first-order valence-corrected chi connectivity index (χ1v) is 4.99. The molecule has 0 atom stereocenters. The molecule has 1 N–H and O–H groups in total. The minimum Gasteiger partial charge on any atom is -0.462 e. The van der Waals surface area contributed by atoms with Crippen molar-refractivity contribution < 1.29 is 14.3 Å². The number of esters is 1. The van der Waals surface area contributed by atoms with Gasteiger partial charge >= 0.3 is 5.97 Å². The molecule has 0 bridgehead atoms. The minimum atomic E-state index is -0.461. The van der Waals surface area contributed by atoms with Crippen LogP contribution in [-0.2, 0) is 14.3 Å². The molecular weight excluding hydrogens is 206 g/mol. The van der Waals surface area contributed by atoms with Crippen molar-refractivity contribution in [3.63, 3.8) is 0 Å². The van der Waals surface area contributed by atoms with E-state index in [0.717, 1.165) is 0 Å². The van der Waals surface area contributed by atoms with Gasteiger partial charge in [0.15, 0.2) is 0 Å². The monoisotopic (exact) mass is 223 g/mol. The average Bonchev–Trinajstić information content (AvgIpc) is 2.23. The van der Waals surface area contributed by atoms with Gasteiger partial charge in [-0.05, 0) is 26.0 Å². The fourth-order valence-electron chi connectivity index (χ4n) is 0.896. The Morgan fingerprint density at radius 1 is 1.38 bits per heavy atom. The summed E-state index contributed by atoms with van der Waals surface area (Å²) < 4.78 is 4.75. The highest BCUT2D eigenvalue weighted by Crippen LogP contribution is 2.00. The molecule has 16 heavy (non-hydrogen) atoms. The van der Waals surface area contributed by atoms with Gasteiger partial charge < -0.3 is 10.1 Å². The summed E-state index contributed by atoms with van der Waals surface area (Å²) in [7, 11) is 0. The van der Waals surface area contributed by atoms with Gasteiger partial charge in [0, 0.05) is 12.6 Å². The van der Waals surface area contributed by atoms with Crippen LogP contribution in [0.4, 0.5) is 0 Å². The lowest BCUT2D eigenvalue weighted by molar-refractivity contribution is -0.138. The number of hydrogen-bond donors (Lipinski definition) is 1. The van der Waals surface area contributed by atoms with Gasteiger partial charge in [0.25, 0.3) is 0 Å². The molecule has 4 nitrogen and oxygen atoms in total. The Bertz CT molecular complexity index is 340. The topological polar surface area (TPSA) is 55.4 Å². The number of hydrogen-bond acceptors (Lipinski definition) is 3. The lowest BCUT2D eigenvalue weighted by atomic mass is 10.2. The maximum atomic E-state index is 11.2. The zero-order valence-corrected chi connectivity index (χ0v) is 9.87. The maximum absolute atomic E-state index is 11.2. The summed E-state index contributed by atoms with van der Waals surface area (Å²) in [4.78, 5) is 22.0. The molecule has 0 aliphatic heterocycles. The van der Waals surface area contributed by atoms with Crippen LogP contribution >= 0.6 is 0 Å². The Hall–Kier alpha value is -1.84. The Labute approximate surface area is 95.7 Å². The molecule has 0 spiro atoms. The van der Waals surface area contributed by atoms with E-state index in [1.165, 1.54) is 13.0 Å². The molecule has 0 unspecified atom stereocenters. The third-order valence-electron chi connectivity index (χ3n) is 1.63. The molecule has 0 aliphatic carbocycles.